The first-order valence-corrected chi connectivity index (χ1v) is 18.5. The van der Waals surface area contributed by atoms with E-state index in [0.29, 0.717) is 5.82 Å². The van der Waals surface area contributed by atoms with Gasteiger partial charge in [0.25, 0.3) is 0 Å². The molecule has 0 N–H and O–H groups in total. The highest BCUT2D eigenvalue weighted by atomic mass is 15.1. The Morgan fingerprint density at radius 2 is 0.963 bits per heavy atom. The zero-order valence-corrected chi connectivity index (χ0v) is 29.0. The fourth-order valence-corrected chi connectivity index (χ4v) is 9.41. The fraction of sp³-hybridized carbons (Fsp3) is 0. The topological polar surface area (TPSA) is 35.1 Å². The normalized spacial score (nSPS) is 12.4. The summed E-state index contributed by atoms with van der Waals surface area (Å²) in [6, 6.07) is 61.7. The summed E-state index contributed by atoms with van der Waals surface area (Å²) in [7, 11) is 0. The van der Waals surface area contributed by atoms with E-state index in [1.54, 1.807) is 0 Å². The molecule has 4 aromatic heterocycles. The standard InChI is InChI=1S/C50H28N4/c1-2-13-32-27-45-41(25-31(32)12-1)46-47-39(35-15-6-9-19-43(35)53(45)47)28-40-36-16-7-10-20-44(36)54(48(40)46)50-37-17-5-8-18-42(37)51-49(52-50)33-24-23-30-22-21-29-11-3-4-14-34(29)38(30)26-33/h1-28H. The molecule has 9 aromatic carbocycles. The molecule has 0 bridgehead atoms. The third-order valence-electron chi connectivity index (χ3n) is 11.8. The summed E-state index contributed by atoms with van der Waals surface area (Å²) in [6.45, 7) is 0. The van der Waals surface area contributed by atoms with E-state index in [2.05, 4.69) is 179 Å². The van der Waals surface area contributed by atoms with Crippen LogP contribution in [0.5, 0.6) is 0 Å². The summed E-state index contributed by atoms with van der Waals surface area (Å²) in [5, 5.41) is 15.8. The van der Waals surface area contributed by atoms with Gasteiger partial charge in [0, 0.05) is 43.3 Å². The number of benzene rings is 9. The summed E-state index contributed by atoms with van der Waals surface area (Å²) >= 11 is 0. The first-order chi connectivity index (χ1) is 26.8. The predicted octanol–water partition coefficient (Wildman–Crippen LogP) is 13.0. The summed E-state index contributed by atoms with van der Waals surface area (Å²) < 4.78 is 4.92. The maximum Gasteiger partial charge on any atom is 0.162 e. The van der Waals surface area contributed by atoms with Crippen molar-refractivity contribution in [2.45, 2.75) is 0 Å². The molecule has 0 saturated heterocycles. The van der Waals surface area contributed by atoms with Gasteiger partial charge in [-0.05, 0) is 80.8 Å². The van der Waals surface area contributed by atoms with E-state index in [0.717, 1.165) is 27.8 Å². The Balaban J connectivity index is 1.22. The van der Waals surface area contributed by atoms with Crippen molar-refractivity contribution in [3.8, 4) is 17.2 Å². The molecule has 0 saturated carbocycles. The van der Waals surface area contributed by atoms with Gasteiger partial charge in [-0.2, -0.15) is 0 Å². The van der Waals surface area contributed by atoms with Gasteiger partial charge in [0.05, 0.1) is 33.1 Å². The van der Waals surface area contributed by atoms with E-state index < -0.39 is 0 Å². The number of hydrogen-bond acceptors (Lipinski definition) is 2. The van der Waals surface area contributed by atoms with Crippen molar-refractivity contribution in [3.05, 3.63) is 170 Å². The van der Waals surface area contributed by atoms with E-state index in [-0.39, 0.29) is 0 Å². The summed E-state index contributed by atoms with van der Waals surface area (Å²) in [5.74, 6) is 1.59. The van der Waals surface area contributed by atoms with E-state index in [1.165, 1.54) is 86.7 Å². The Hall–Kier alpha value is -7.30. The first-order valence-electron chi connectivity index (χ1n) is 18.5. The molecule has 13 aromatic rings. The van der Waals surface area contributed by atoms with E-state index in [1.807, 2.05) is 0 Å². The minimum absolute atomic E-state index is 0.711. The molecule has 0 fully saturated rings. The van der Waals surface area contributed by atoms with Crippen LogP contribution in [0.2, 0.25) is 0 Å². The number of para-hydroxylation sites is 3. The third kappa shape index (κ3) is 3.61. The zero-order chi connectivity index (χ0) is 35.1. The highest BCUT2D eigenvalue weighted by molar-refractivity contribution is 6.35. The van der Waals surface area contributed by atoms with Gasteiger partial charge < -0.3 is 4.40 Å². The molecule has 0 atom stereocenters. The molecule has 54 heavy (non-hydrogen) atoms. The molecule has 13 rings (SSSR count). The molecule has 0 spiro atoms. The molecule has 0 aliphatic carbocycles. The Morgan fingerprint density at radius 1 is 0.352 bits per heavy atom. The van der Waals surface area contributed by atoms with Crippen LogP contribution in [0.25, 0.3) is 120 Å². The maximum absolute atomic E-state index is 5.57. The van der Waals surface area contributed by atoms with Crippen LogP contribution in [0.4, 0.5) is 0 Å². The van der Waals surface area contributed by atoms with E-state index in [9.17, 15) is 0 Å². The molecule has 0 unspecified atom stereocenters. The number of fused-ring (bicyclic) bond motifs is 15. The summed E-state index contributed by atoms with van der Waals surface area (Å²) in [6.07, 6.45) is 0. The van der Waals surface area contributed by atoms with Crippen molar-refractivity contribution in [1.29, 1.82) is 0 Å². The second-order valence-electron chi connectivity index (χ2n) is 14.6. The molecule has 4 nitrogen and oxygen atoms in total. The molecule has 0 aliphatic heterocycles. The minimum Gasteiger partial charge on any atom is -0.308 e. The van der Waals surface area contributed by atoms with Crippen molar-refractivity contribution in [2.24, 2.45) is 0 Å². The van der Waals surface area contributed by atoms with Crippen molar-refractivity contribution >= 4 is 103 Å². The lowest BCUT2D eigenvalue weighted by Gasteiger charge is -2.14. The van der Waals surface area contributed by atoms with Gasteiger partial charge >= 0.3 is 0 Å². The lowest BCUT2D eigenvalue weighted by atomic mass is 10.00. The summed E-state index contributed by atoms with van der Waals surface area (Å²) in [4.78, 5) is 10.8. The largest absolute Gasteiger partial charge is 0.308 e. The molecule has 248 valence electrons. The van der Waals surface area contributed by atoms with Gasteiger partial charge in [0.1, 0.15) is 5.82 Å². The van der Waals surface area contributed by atoms with Crippen molar-refractivity contribution in [1.82, 2.24) is 18.9 Å². The van der Waals surface area contributed by atoms with Crippen LogP contribution in [0.1, 0.15) is 0 Å². The monoisotopic (exact) mass is 684 g/mol. The van der Waals surface area contributed by atoms with Gasteiger partial charge in [-0.1, -0.05) is 121 Å². The molecule has 0 amide bonds. The van der Waals surface area contributed by atoms with Crippen LogP contribution >= 0.6 is 0 Å². The van der Waals surface area contributed by atoms with Gasteiger partial charge in [0.15, 0.2) is 5.82 Å². The Labute approximate surface area is 308 Å². The van der Waals surface area contributed by atoms with Gasteiger partial charge in [-0.3, -0.25) is 4.57 Å². The minimum atomic E-state index is 0.711. The smallest absolute Gasteiger partial charge is 0.162 e. The zero-order valence-electron chi connectivity index (χ0n) is 29.0. The maximum atomic E-state index is 5.57. The molecular formula is C50H28N4. The quantitative estimate of drug-likeness (QED) is 0.170. The molecule has 0 radical (unpaired) electrons. The van der Waals surface area contributed by atoms with Crippen LogP contribution < -0.4 is 0 Å². The van der Waals surface area contributed by atoms with Gasteiger partial charge in [0.2, 0.25) is 0 Å². The Morgan fingerprint density at radius 3 is 1.80 bits per heavy atom. The second kappa shape index (κ2) is 10.2. The average Bonchev–Trinajstić information content (AvgIpc) is 3.86. The van der Waals surface area contributed by atoms with Crippen molar-refractivity contribution in [3.63, 3.8) is 0 Å². The highest BCUT2D eigenvalue weighted by Gasteiger charge is 2.26. The molecule has 4 heteroatoms. The van der Waals surface area contributed by atoms with Crippen molar-refractivity contribution < 1.29 is 0 Å². The summed E-state index contributed by atoms with van der Waals surface area (Å²) in [5.41, 5.74) is 7.90. The molecule has 4 heterocycles. The van der Waals surface area contributed by atoms with Gasteiger partial charge in [-0.25, -0.2) is 9.97 Å². The first kappa shape index (κ1) is 28.3. The van der Waals surface area contributed by atoms with Crippen LogP contribution in [0.3, 0.4) is 0 Å². The third-order valence-corrected chi connectivity index (χ3v) is 11.8. The number of nitrogens with zero attached hydrogens (tertiary/aromatic N) is 4. The number of hydrogen-bond donors (Lipinski definition) is 0. The highest BCUT2D eigenvalue weighted by Crippen LogP contribution is 2.47. The lowest BCUT2D eigenvalue weighted by molar-refractivity contribution is 1.08. The SMILES string of the molecule is c1ccc2cc3c(cc2c1)c1c2c(cc4c5ccccc5n3c41)c1ccccc1n2-c1nc(-c2ccc3ccc4ccccc4c3c2)nc2ccccc12. The van der Waals surface area contributed by atoms with Crippen LogP contribution in [-0.2, 0) is 0 Å². The predicted molar refractivity (Wildman–Crippen MR) is 226 cm³/mol. The Bertz CT molecular complexity index is 3740. The number of rotatable bonds is 2. The second-order valence-corrected chi connectivity index (χ2v) is 14.6. The molecular weight excluding hydrogens is 657 g/mol. The number of aromatic nitrogens is 4. The fourth-order valence-electron chi connectivity index (χ4n) is 9.41. The van der Waals surface area contributed by atoms with E-state index >= 15 is 0 Å². The van der Waals surface area contributed by atoms with Gasteiger partial charge in [-0.15, -0.1) is 0 Å². The lowest BCUT2D eigenvalue weighted by Crippen LogP contribution is -2.03. The van der Waals surface area contributed by atoms with E-state index in [4.69, 9.17) is 9.97 Å². The van der Waals surface area contributed by atoms with Crippen LogP contribution in [0, 0.1) is 0 Å². The van der Waals surface area contributed by atoms with Crippen LogP contribution in [-0.4, -0.2) is 18.9 Å². The average molecular weight is 685 g/mol. The van der Waals surface area contributed by atoms with Crippen molar-refractivity contribution in [2.75, 3.05) is 0 Å². The van der Waals surface area contributed by atoms with Crippen LogP contribution in [0.15, 0.2) is 170 Å². The molecule has 0 aliphatic rings. The Kier molecular flexibility index (Phi) is 5.34.